The summed E-state index contributed by atoms with van der Waals surface area (Å²) < 4.78 is 30.7. The van der Waals surface area contributed by atoms with Gasteiger partial charge in [-0.25, -0.2) is 0 Å². The van der Waals surface area contributed by atoms with Crippen LogP contribution in [0.15, 0.2) is 54.6 Å². The van der Waals surface area contributed by atoms with E-state index < -0.39 is 16.2 Å². The van der Waals surface area contributed by atoms with Crippen LogP contribution in [-0.4, -0.2) is 31.8 Å². The van der Waals surface area contributed by atoms with Crippen molar-refractivity contribution in [1.82, 2.24) is 4.31 Å². The molecule has 2 aromatic carbocycles. The maximum atomic E-state index is 12.2. The molecule has 1 fully saturated rings. The molecular formula is C18H20N2O4S. The molecule has 0 saturated carbocycles. The van der Waals surface area contributed by atoms with Crippen LogP contribution in [0.4, 0.5) is 0 Å². The number of nitrogens with zero attached hydrogens (tertiary/aromatic N) is 1. The predicted octanol–water partition coefficient (Wildman–Crippen LogP) is 2.04. The first-order valence-corrected chi connectivity index (χ1v) is 9.44. The molecule has 3 rings (SSSR count). The lowest BCUT2D eigenvalue weighted by Crippen LogP contribution is -2.29. The monoisotopic (exact) mass is 360 g/mol. The van der Waals surface area contributed by atoms with Gasteiger partial charge in [0.15, 0.2) is 0 Å². The largest absolute Gasteiger partial charge is 0.366 e. The second kappa shape index (κ2) is 7.35. The lowest BCUT2D eigenvalue weighted by molar-refractivity contribution is 0.1000. The van der Waals surface area contributed by atoms with E-state index in [9.17, 15) is 13.2 Å². The van der Waals surface area contributed by atoms with Gasteiger partial charge in [-0.05, 0) is 36.1 Å². The van der Waals surface area contributed by atoms with Gasteiger partial charge in [-0.15, -0.1) is 0 Å². The molecule has 1 amide bonds. The van der Waals surface area contributed by atoms with Gasteiger partial charge in [-0.1, -0.05) is 42.5 Å². The number of benzene rings is 2. The van der Waals surface area contributed by atoms with E-state index in [1.807, 2.05) is 42.5 Å². The van der Waals surface area contributed by atoms with Crippen molar-refractivity contribution < 1.29 is 17.4 Å². The lowest BCUT2D eigenvalue weighted by atomic mass is 10.1. The van der Waals surface area contributed by atoms with E-state index in [1.54, 1.807) is 12.1 Å². The molecule has 7 heteroatoms. The fraction of sp³-hybridized carbons (Fsp3) is 0.278. The van der Waals surface area contributed by atoms with Crippen molar-refractivity contribution in [2.75, 3.05) is 13.2 Å². The zero-order valence-electron chi connectivity index (χ0n) is 13.7. The third kappa shape index (κ3) is 4.07. The fourth-order valence-electron chi connectivity index (χ4n) is 2.94. The highest BCUT2D eigenvalue weighted by Gasteiger charge is 2.38. The zero-order valence-corrected chi connectivity index (χ0v) is 14.5. The van der Waals surface area contributed by atoms with Crippen molar-refractivity contribution in [2.45, 2.75) is 18.9 Å². The highest BCUT2D eigenvalue weighted by atomic mass is 32.2. The Bertz CT molecular complexity index is 835. The van der Waals surface area contributed by atoms with E-state index in [2.05, 4.69) is 0 Å². The number of primary amides is 1. The van der Waals surface area contributed by atoms with Crippen LogP contribution in [-0.2, 0) is 20.9 Å². The Morgan fingerprint density at radius 3 is 2.44 bits per heavy atom. The fourth-order valence-corrected chi connectivity index (χ4v) is 4.22. The summed E-state index contributed by atoms with van der Waals surface area (Å²) in [7, 11) is -3.68. The van der Waals surface area contributed by atoms with E-state index >= 15 is 0 Å². The molecule has 2 aromatic rings. The second-order valence-corrected chi connectivity index (χ2v) is 7.50. The quantitative estimate of drug-likeness (QED) is 0.853. The lowest BCUT2D eigenvalue weighted by Gasteiger charge is -2.20. The average molecular weight is 360 g/mol. The van der Waals surface area contributed by atoms with Gasteiger partial charge in [0.2, 0.25) is 5.91 Å². The average Bonchev–Trinajstić information content (AvgIpc) is 2.91. The molecule has 0 aliphatic carbocycles. The topological polar surface area (TPSA) is 89.7 Å². The summed E-state index contributed by atoms with van der Waals surface area (Å²) in [5, 5.41) is 0. The zero-order chi connectivity index (χ0) is 17.9. The SMILES string of the molecule is NC(=O)c1ccc(CCCN2C(c3ccccc3)COS2(=O)=O)cc1. The molecule has 1 aliphatic rings. The number of carbonyl (C=O) groups is 1. The minimum Gasteiger partial charge on any atom is -0.366 e. The molecule has 1 saturated heterocycles. The number of hydrogen-bond donors (Lipinski definition) is 1. The van der Waals surface area contributed by atoms with Gasteiger partial charge >= 0.3 is 10.3 Å². The first kappa shape index (κ1) is 17.6. The van der Waals surface area contributed by atoms with Gasteiger partial charge in [0.1, 0.15) is 0 Å². The first-order chi connectivity index (χ1) is 12.0. The predicted molar refractivity (Wildman–Crippen MR) is 94.0 cm³/mol. The summed E-state index contributed by atoms with van der Waals surface area (Å²) in [5.74, 6) is -0.461. The van der Waals surface area contributed by atoms with E-state index in [4.69, 9.17) is 9.92 Å². The van der Waals surface area contributed by atoms with Crippen molar-refractivity contribution in [3.63, 3.8) is 0 Å². The summed E-state index contributed by atoms with van der Waals surface area (Å²) in [4.78, 5) is 11.1. The summed E-state index contributed by atoms with van der Waals surface area (Å²) in [6.07, 6.45) is 1.36. The van der Waals surface area contributed by atoms with Crippen LogP contribution >= 0.6 is 0 Å². The Hall–Kier alpha value is -2.22. The minimum absolute atomic E-state index is 0.139. The first-order valence-electron chi connectivity index (χ1n) is 8.07. The molecule has 0 aromatic heterocycles. The van der Waals surface area contributed by atoms with Crippen molar-refractivity contribution >= 4 is 16.2 Å². The highest BCUT2D eigenvalue weighted by Crippen LogP contribution is 2.31. The van der Waals surface area contributed by atoms with Gasteiger partial charge < -0.3 is 5.73 Å². The molecule has 25 heavy (non-hydrogen) atoms. The Morgan fingerprint density at radius 2 is 1.80 bits per heavy atom. The highest BCUT2D eigenvalue weighted by molar-refractivity contribution is 7.84. The molecule has 1 atom stereocenters. The van der Waals surface area contributed by atoms with Crippen molar-refractivity contribution in [2.24, 2.45) is 5.73 Å². The maximum Gasteiger partial charge on any atom is 0.339 e. The molecule has 1 unspecified atom stereocenters. The number of hydrogen-bond acceptors (Lipinski definition) is 4. The summed E-state index contributed by atoms with van der Waals surface area (Å²) in [5.41, 5.74) is 7.63. The van der Waals surface area contributed by atoms with Gasteiger partial charge in [0.25, 0.3) is 0 Å². The number of rotatable bonds is 6. The van der Waals surface area contributed by atoms with E-state index in [0.717, 1.165) is 11.1 Å². The third-order valence-electron chi connectivity index (χ3n) is 4.28. The van der Waals surface area contributed by atoms with Crippen molar-refractivity contribution in [3.05, 3.63) is 71.3 Å². The normalized spacial score (nSPS) is 19.8. The molecule has 132 valence electrons. The summed E-state index contributed by atoms with van der Waals surface area (Å²) in [6, 6.07) is 16.2. The Morgan fingerprint density at radius 1 is 1.12 bits per heavy atom. The standard InChI is InChI=1S/C18H20N2O4S/c19-18(21)16-10-8-14(9-11-16)5-4-12-20-17(13-24-25(20,22)23)15-6-2-1-3-7-15/h1-3,6-11,17H,4-5,12-13H2,(H2,19,21). The van der Waals surface area contributed by atoms with Crippen LogP contribution in [0.25, 0.3) is 0 Å². The number of nitrogens with two attached hydrogens (primary N) is 1. The molecular weight excluding hydrogens is 340 g/mol. The minimum atomic E-state index is -3.68. The third-order valence-corrected chi connectivity index (χ3v) is 5.72. The molecule has 1 aliphatic heterocycles. The molecule has 2 N–H and O–H groups in total. The van der Waals surface area contributed by atoms with Gasteiger partial charge in [-0.3, -0.25) is 8.98 Å². The molecule has 6 nitrogen and oxygen atoms in total. The molecule has 0 radical (unpaired) electrons. The van der Waals surface area contributed by atoms with Gasteiger partial charge in [0, 0.05) is 12.1 Å². The Labute approximate surface area is 147 Å². The van der Waals surface area contributed by atoms with Crippen LogP contribution in [0.1, 0.15) is 33.9 Å². The van der Waals surface area contributed by atoms with E-state index in [-0.39, 0.29) is 12.6 Å². The van der Waals surface area contributed by atoms with E-state index in [0.29, 0.717) is 24.9 Å². The van der Waals surface area contributed by atoms with Crippen LogP contribution < -0.4 is 5.73 Å². The number of aryl methyl sites for hydroxylation is 1. The Balaban J connectivity index is 1.64. The molecule has 0 spiro atoms. The molecule has 0 bridgehead atoms. The number of amides is 1. The van der Waals surface area contributed by atoms with E-state index in [1.165, 1.54) is 4.31 Å². The van der Waals surface area contributed by atoms with Crippen molar-refractivity contribution in [3.8, 4) is 0 Å². The maximum absolute atomic E-state index is 12.2. The van der Waals surface area contributed by atoms with Crippen LogP contribution in [0.5, 0.6) is 0 Å². The second-order valence-electron chi connectivity index (χ2n) is 5.94. The number of carbonyl (C=O) groups excluding carboxylic acids is 1. The smallest absolute Gasteiger partial charge is 0.339 e. The molecule has 1 heterocycles. The van der Waals surface area contributed by atoms with Gasteiger partial charge in [-0.2, -0.15) is 12.7 Å². The van der Waals surface area contributed by atoms with Crippen LogP contribution in [0, 0.1) is 0 Å². The van der Waals surface area contributed by atoms with Crippen LogP contribution in [0.2, 0.25) is 0 Å². The van der Waals surface area contributed by atoms with Crippen molar-refractivity contribution in [1.29, 1.82) is 0 Å². The summed E-state index contributed by atoms with van der Waals surface area (Å²) in [6.45, 7) is 0.513. The van der Waals surface area contributed by atoms with Crippen LogP contribution in [0.3, 0.4) is 0 Å². The Kier molecular flexibility index (Phi) is 5.17. The summed E-state index contributed by atoms with van der Waals surface area (Å²) >= 11 is 0. The van der Waals surface area contributed by atoms with Gasteiger partial charge in [0.05, 0.1) is 12.6 Å².